The number of hydrogen-bond acceptors (Lipinski definition) is 2. The highest BCUT2D eigenvalue weighted by Crippen LogP contribution is 2.36. The van der Waals surface area contributed by atoms with Crippen LogP contribution in [0, 0.1) is 11.3 Å². The van der Waals surface area contributed by atoms with Crippen molar-refractivity contribution in [1.82, 2.24) is 4.90 Å². The summed E-state index contributed by atoms with van der Waals surface area (Å²) in [5.41, 5.74) is 6.32. The van der Waals surface area contributed by atoms with Crippen LogP contribution in [0.4, 0.5) is 0 Å². The van der Waals surface area contributed by atoms with Crippen LogP contribution in [0.2, 0.25) is 0 Å². The van der Waals surface area contributed by atoms with E-state index in [9.17, 15) is 0 Å². The fourth-order valence-corrected chi connectivity index (χ4v) is 2.08. The maximum atomic E-state index is 6.06. The standard InChI is InChI=1S/C13H26N2/c1-10(14)13(2,3)9-15(12-6-7-12)8-11-4-5-11/h10-12H,4-9,14H2,1-3H3. The third kappa shape index (κ3) is 3.18. The molecule has 2 heteroatoms. The van der Waals surface area contributed by atoms with E-state index in [-0.39, 0.29) is 11.5 Å². The molecule has 2 N–H and O–H groups in total. The molecule has 0 spiro atoms. The van der Waals surface area contributed by atoms with Crippen LogP contribution in [0.25, 0.3) is 0 Å². The Morgan fingerprint density at radius 1 is 1.27 bits per heavy atom. The van der Waals surface area contributed by atoms with Crippen molar-refractivity contribution >= 4 is 0 Å². The first-order valence-corrected chi connectivity index (χ1v) is 6.48. The van der Waals surface area contributed by atoms with E-state index in [0.29, 0.717) is 0 Å². The van der Waals surface area contributed by atoms with Gasteiger partial charge in [0, 0.05) is 25.2 Å². The van der Waals surface area contributed by atoms with Crippen molar-refractivity contribution in [3.05, 3.63) is 0 Å². The van der Waals surface area contributed by atoms with Crippen molar-refractivity contribution in [2.75, 3.05) is 13.1 Å². The average molecular weight is 210 g/mol. The number of nitrogens with zero attached hydrogens (tertiary/aromatic N) is 1. The van der Waals surface area contributed by atoms with Crippen LogP contribution in [0.3, 0.4) is 0 Å². The summed E-state index contributed by atoms with van der Waals surface area (Å²) in [4.78, 5) is 2.71. The molecule has 0 heterocycles. The summed E-state index contributed by atoms with van der Waals surface area (Å²) in [5.74, 6) is 1.01. The fraction of sp³-hybridized carbons (Fsp3) is 1.00. The quantitative estimate of drug-likeness (QED) is 0.728. The Kier molecular flexibility index (Phi) is 3.09. The highest BCUT2D eigenvalue weighted by atomic mass is 15.2. The van der Waals surface area contributed by atoms with E-state index in [1.807, 2.05) is 0 Å². The number of hydrogen-bond donors (Lipinski definition) is 1. The molecular weight excluding hydrogens is 184 g/mol. The van der Waals surface area contributed by atoms with Crippen molar-refractivity contribution in [2.24, 2.45) is 17.1 Å². The lowest BCUT2D eigenvalue weighted by atomic mass is 9.85. The second kappa shape index (κ2) is 4.06. The molecule has 0 saturated heterocycles. The zero-order valence-electron chi connectivity index (χ0n) is 10.5. The molecule has 88 valence electrons. The molecule has 0 bridgehead atoms. The van der Waals surface area contributed by atoms with Crippen LogP contribution in [0.1, 0.15) is 46.5 Å². The minimum Gasteiger partial charge on any atom is -0.327 e. The van der Waals surface area contributed by atoms with Crippen LogP contribution < -0.4 is 5.73 Å². The normalized spacial score (nSPS) is 24.6. The smallest absolute Gasteiger partial charge is 0.00967 e. The van der Waals surface area contributed by atoms with Crippen LogP contribution >= 0.6 is 0 Å². The van der Waals surface area contributed by atoms with Gasteiger partial charge in [0.25, 0.3) is 0 Å². The Morgan fingerprint density at radius 2 is 1.87 bits per heavy atom. The minimum absolute atomic E-state index is 0.261. The second-order valence-electron chi connectivity index (χ2n) is 6.38. The highest BCUT2D eigenvalue weighted by Gasteiger charge is 2.37. The summed E-state index contributed by atoms with van der Waals surface area (Å²) in [6.45, 7) is 9.27. The third-order valence-corrected chi connectivity index (χ3v) is 4.10. The van der Waals surface area contributed by atoms with Crippen molar-refractivity contribution < 1.29 is 0 Å². The molecule has 0 radical (unpaired) electrons. The summed E-state index contributed by atoms with van der Waals surface area (Å²) < 4.78 is 0. The minimum atomic E-state index is 0.261. The molecule has 2 aliphatic rings. The van der Waals surface area contributed by atoms with E-state index in [1.165, 1.54) is 38.8 Å². The molecule has 0 aliphatic heterocycles. The topological polar surface area (TPSA) is 29.3 Å². The van der Waals surface area contributed by atoms with Gasteiger partial charge in [0.2, 0.25) is 0 Å². The van der Waals surface area contributed by atoms with E-state index >= 15 is 0 Å². The first-order chi connectivity index (χ1) is 6.99. The Bertz CT molecular complexity index is 215. The van der Waals surface area contributed by atoms with Crippen molar-refractivity contribution in [2.45, 2.75) is 58.5 Å². The average Bonchev–Trinajstić information content (AvgIpc) is 2.98. The summed E-state index contributed by atoms with van der Waals surface area (Å²) in [6.07, 6.45) is 5.76. The van der Waals surface area contributed by atoms with E-state index in [2.05, 4.69) is 25.7 Å². The van der Waals surface area contributed by atoms with Gasteiger partial charge < -0.3 is 5.73 Å². The molecule has 2 nitrogen and oxygen atoms in total. The summed E-state index contributed by atoms with van der Waals surface area (Å²) in [7, 11) is 0. The molecule has 2 aliphatic carbocycles. The lowest BCUT2D eigenvalue weighted by Gasteiger charge is -2.35. The van der Waals surface area contributed by atoms with Gasteiger partial charge >= 0.3 is 0 Å². The maximum absolute atomic E-state index is 6.06. The largest absolute Gasteiger partial charge is 0.327 e. The van der Waals surface area contributed by atoms with Gasteiger partial charge in [0.15, 0.2) is 0 Å². The Morgan fingerprint density at radius 3 is 2.27 bits per heavy atom. The van der Waals surface area contributed by atoms with Gasteiger partial charge in [-0.3, -0.25) is 4.90 Å². The van der Waals surface area contributed by atoms with E-state index in [0.717, 1.165) is 12.0 Å². The molecule has 2 saturated carbocycles. The van der Waals surface area contributed by atoms with Crippen molar-refractivity contribution in [3.63, 3.8) is 0 Å². The lowest BCUT2D eigenvalue weighted by molar-refractivity contribution is 0.145. The predicted octanol–water partition coefficient (Wildman–Crippen LogP) is 2.23. The molecule has 1 unspecified atom stereocenters. The first kappa shape index (κ1) is 11.4. The molecule has 0 aromatic rings. The van der Waals surface area contributed by atoms with Gasteiger partial charge in [0.05, 0.1) is 0 Å². The van der Waals surface area contributed by atoms with E-state index < -0.39 is 0 Å². The molecule has 1 atom stereocenters. The van der Waals surface area contributed by atoms with Gasteiger partial charge in [0.1, 0.15) is 0 Å². The summed E-state index contributed by atoms with van der Waals surface area (Å²) >= 11 is 0. The maximum Gasteiger partial charge on any atom is 0.00967 e. The number of nitrogens with two attached hydrogens (primary N) is 1. The van der Waals surface area contributed by atoms with Gasteiger partial charge in [-0.1, -0.05) is 13.8 Å². The van der Waals surface area contributed by atoms with E-state index in [1.54, 1.807) is 0 Å². The van der Waals surface area contributed by atoms with Gasteiger partial charge in [-0.2, -0.15) is 0 Å². The molecule has 15 heavy (non-hydrogen) atoms. The van der Waals surface area contributed by atoms with Crippen LogP contribution in [-0.4, -0.2) is 30.1 Å². The fourth-order valence-electron chi connectivity index (χ4n) is 2.08. The number of rotatable bonds is 6. The van der Waals surface area contributed by atoms with Crippen LogP contribution in [0.15, 0.2) is 0 Å². The van der Waals surface area contributed by atoms with Crippen molar-refractivity contribution in [1.29, 1.82) is 0 Å². The Labute approximate surface area is 94.2 Å². The summed E-state index contributed by atoms with van der Waals surface area (Å²) in [5, 5.41) is 0. The lowest BCUT2D eigenvalue weighted by Crippen LogP contribution is -2.45. The third-order valence-electron chi connectivity index (χ3n) is 4.10. The molecule has 0 aromatic heterocycles. The van der Waals surface area contributed by atoms with Gasteiger partial charge in [-0.05, 0) is 43.9 Å². The zero-order chi connectivity index (χ0) is 11.1. The highest BCUT2D eigenvalue weighted by molar-refractivity contribution is 4.92. The summed E-state index contributed by atoms with van der Waals surface area (Å²) in [6, 6.07) is 1.18. The van der Waals surface area contributed by atoms with E-state index in [4.69, 9.17) is 5.73 Å². The van der Waals surface area contributed by atoms with Crippen molar-refractivity contribution in [3.8, 4) is 0 Å². The SMILES string of the molecule is CC(N)C(C)(C)CN(CC1CC1)C1CC1. The monoisotopic (exact) mass is 210 g/mol. The molecule has 2 rings (SSSR count). The second-order valence-corrected chi connectivity index (χ2v) is 6.38. The molecule has 0 aromatic carbocycles. The zero-order valence-corrected chi connectivity index (χ0v) is 10.5. The molecule has 2 fully saturated rings. The van der Waals surface area contributed by atoms with Gasteiger partial charge in [-0.25, -0.2) is 0 Å². The predicted molar refractivity (Wildman–Crippen MR) is 64.7 cm³/mol. The molecular formula is C13H26N2. The Hall–Kier alpha value is -0.0800. The van der Waals surface area contributed by atoms with Crippen LogP contribution in [-0.2, 0) is 0 Å². The van der Waals surface area contributed by atoms with Gasteiger partial charge in [-0.15, -0.1) is 0 Å². The first-order valence-electron chi connectivity index (χ1n) is 6.48. The molecule has 0 amide bonds. The van der Waals surface area contributed by atoms with Crippen LogP contribution in [0.5, 0.6) is 0 Å². The Balaban J connectivity index is 1.86.